The average Bonchev–Trinajstić information content (AvgIpc) is 3.40. The van der Waals surface area contributed by atoms with Gasteiger partial charge in [-0.25, -0.2) is 4.98 Å². The summed E-state index contributed by atoms with van der Waals surface area (Å²) in [6, 6.07) is 10.8. The highest BCUT2D eigenvalue weighted by Crippen LogP contribution is 2.33. The minimum Gasteiger partial charge on any atom is -0.469 e. The van der Waals surface area contributed by atoms with E-state index in [2.05, 4.69) is 20.5 Å². The third-order valence-corrected chi connectivity index (χ3v) is 4.91. The maximum Gasteiger partial charge on any atom is 0.258 e. The average molecular weight is 379 g/mol. The van der Waals surface area contributed by atoms with Crippen LogP contribution in [0.4, 0.5) is 0 Å². The lowest BCUT2D eigenvalue weighted by Gasteiger charge is -2.22. The zero-order valence-corrected chi connectivity index (χ0v) is 15.7. The first-order valence-electron chi connectivity index (χ1n) is 9.13. The molecule has 2 atom stereocenters. The number of benzene rings is 1. The van der Waals surface area contributed by atoms with Gasteiger partial charge in [0.25, 0.3) is 5.91 Å². The van der Waals surface area contributed by atoms with Gasteiger partial charge in [-0.2, -0.15) is 5.10 Å². The van der Waals surface area contributed by atoms with E-state index in [1.807, 2.05) is 30.3 Å². The number of aromatic nitrogens is 3. The van der Waals surface area contributed by atoms with Crippen molar-refractivity contribution in [3.05, 3.63) is 59.8 Å². The van der Waals surface area contributed by atoms with Crippen LogP contribution in [0.25, 0.3) is 11.4 Å². The van der Waals surface area contributed by atoms with E-state index >= 15 is 0 Å². The van der Waals surface area contributed by atoms with Crippen LogP contribution in [0, 0.1) is 6.92 Å². The lowest BCUT2D eigenvalue weighted by molar-refractivity contribution is -0.119. The molecule has 8 nitrogen and oxygen atoms in total. The largest absolute Gasteiger partial charge is 0.469 e. The number of amides is 2. The van der Waals surface area contributed by atoms with Crippen LogP contribution in [0.3, 0.4) is 0 Å². The van der Waals surface area contributed by atoms with Crippen LogP contribution in [0.2, 0.25) is 0 Å². The number of H-pyrrole nitrogens is 1. The number of furan rings is 1. The molecule has 1 aliphatic rings. The predicted octanol–water partition coefficient (Wildman–Crippen LogP) is 2.47. The summed E-state index contributed by atoms with van der Waals surface area (Å²) in [6.45, 7) is 3.63. The molecule has 144 valence electrons. The Kier molecular flexibility index (Phi) is 4.68. The number of carbonyl (C=O) groups is 2. The number of aryl methyl sites for hydroxylation is 1. The van der Waals surface area contributed by atoms with E-state index in [1.165, 1.54) is 13.2 Å². The van der Waals surface area contributed by atoms with Crippen molar-refractivity contribution in [3.63, 3.8) is 0 Å². The SMILES string of the molecule is CC(=O)NC1CC(c2nc(-c3ccccc3)n[nH]2)N(C(=O)c2ccoc2C)C1. The van der Waals surface area contributed by atoms with Crippen molar-refractivity contribution < 1.29 is 14.0 Å². The Morgan fingerprint density at radius 2 is 2.04 bits per heavy atom. The Bertz CT molecular complexity index is 994. The summed E-state index contributed by atoms with van der Waals surface area (Å²) in [4.78, 5) is 31.0. The Labute approximate surface area is 162 Å². The normalized spacial score (nSPS) is 19.0. The molecule has 0 bridgehead atoms. The molecule has 2 amide bonds. The fourth-order valence-electron chi connectivity index (χ4n) is 3.61. The van der Waals surface area contributed by atoms with E-state index < -0.39 is 0 Å². The molecule has 1 aliphatic heterocycles. The second-order valence-corrected chi connectivity index (χ2v) is 6.91. The predicted molar refractivity (Wildman–Crippen MR) is 101 cm³/mol. The molecule has 1 fully saturated rings. The molecule has 3 heterocycles. The Balaban J connectivity index is 1.64. The molecule has 2 N–H and O–H groups in total. The quantitative estimate of drug-likeness (QED) is 0.725. The highest BCUT2D eigenvalue weighted by Gasteiger charge is 2.39. The number of nitrogens with zero attached hydrogens (tertiary/aromatic N) is 3. The first-order valence-corrected chi connectivity index (χ1v) is 9.13. The first kappa shape index (κ1) is 18.0. The maximum absolute atomic E-state index is 13.1. The molecule has 0 aliphatic carbocycles. The van der Waals surface area contributed by atoms with Crippen LogP contribution < -0.4 is 5.32 Å². The van der Waals surface area contributed by atoms with Crippen LogP contribution in [0.15, 0.2) is 47.1 Å². The highest BCUT2D eigenvalue weighted by atomic mass is 16.3. The third kappa shape index (κ3) is 3.40. The van der Waals surface area contributed by atoms with E-state index in [0.29, 0.717) is 35.9 Å². The second-order valence-electron chi connectivity index (χ2n) is 6.91. The molecule has 1 aromatic carbocycles. The fourth-order valence-corrected chi connectivity index (χ4v) is 3.61. The summed E-state index contributed by atoms with van der Waals surface area (Å²) in [6.07, 6.45) is 2.06. The summed E-state index contributed by atoms with van der Waals surface area (Å²) >= 11 is 0. The minimum atomic E-state index is -0.316. The van der Waals surface area contributed by atoms with Gasteiger partial charge < -0.3 is 14.6 Å². The van der Waals surface area contributed by atoms with Crippen molar-refractivity contribution >= 4 is 11.8 Å². The monoisotopic (exact) mass is 379 g/mol. The van der Waals surface area contributed by atoms with Gasteiger partial charge in [-0.15, -0.1) is 0 Å². The van der Waals surface area contributed by atoms with Crippen molar-refractivity contribution in [1.29, 1.82) is 0 Å². The van der Waals surface area contributed by atoms with Gasteiger partial charge >= 0.3 is 0 Å². The number of carbonyl (C=O) groups excluding carboxylic acids is 2. The molecule has 3 aromatic rings. The molecule has 0 spiro atoms. The summed E-state index contributed by atoms with van der Waals surface area (Å²) in [5.41, 5.74) is 1.40. The van der Waals surface area contributed by atoms with Gasteiger partial charge in [0.15, 0.2) is 5.82 Å². The minimum absolute atomic E-state index is 0.125. The molecule has 1 saturated heterocycles. The summed E-state index contributed by atoms with van der Waals surface area (Å²) in [5.74, 6) is 1.46. The van der Waals surface area contributed by atoms with E-state index in [0.717, 1.165) is 5.56 Å². The smallest absolute Gasteiger partial charge is 0.258 e. The molecule has 0 radical (unpaired) electrons. The van der Waals surface area contributed by atoms with Gasteiger partial charge in [0.05, 0.1) is 17.9 Å². The molecular weight excluding hydrogens is 358 g/mol. The van der Waals surface area contributed by atoms with Gasteiger partial charge in [-0.1, -0.05) is 30.3 Å². The standard InChI is InChI=1S/C20H21N5O3/c1-12-16(8-9-28-12)20(27)25-11-15(21-13(2)26)10-17(25)19-22-18(23-24-19)14-6-4-3-5-7-14/h3-9,15,17H,10-11H2,1-2H3,(H,21,26)(H,22,23,24). The van der Waals surface area contributed by atoms with E-state index in [1.54, 1.807) is 17.9 Å². The van der Waals surface area contributed by atoms with Crippen molar-refractivity contribution in [1.82, 2.24) is 25.4 Å². The molecule has 2 unspecified atom stereocenters. The molecule has 8 heteroatoms. The Morgan fingerprint density at radius 1 is 1.25 bits per heavy atom. The zero-order valence-electron chi connectivity index (χ0n) is 15.7. The van der Waals surface area contributed by atoms with Crippen molar-refractivity contribution in [3.8, 4) is 11.4 Å². The van der Waals surface area contributed by atoms with Crippen LogP contribution in [0.5, 0.6) is 0 Å². The topological polar surface area (TPSA) is 104 Å². The molecule has 4 rings (SSSR count). The van der Waals surface area contributed by atoms with Gasteiger partial charge in [0.1, 0.15) is 11.6 Å². The number of likely N-dealkylation sites (tertiary alicyclic amines) is 1. The second kappa shape index (κ2) is 7.30. The molecular formula is C20H21N5O3. The number of aromatic amines is 1. The van der Waals surface area contributed by atoms with E-state index in [-0.39, 0.29) is 23.9 Å². The third-order valence-electron chi connectivity index (χ3n) is 4.91. The number of nitrogens with one attached hydrogen (secondary N) is 2. The van der Waals surface area contributed by atoms with Crippen LogP contribution >= 0.6 is 0 Å². The first-order chi connectivity index (χ1) is 13.5. The van der Waals surface area contributed by atoms with E-state index in [9.17, 15) is 9.59 Å². The lowest BCUT2D eigenvalue weighted by Crippen LogP contribution is -2.37. The molecule has 0 saturated carbocycles. The van der Waals surface area contributed by atoms with Crippen LogP contribution in [-0.2, 0) is 4.79 Å². The summed E-state index contributed by atoms with van der Waals surface area (Å²) in [5, 5.41) is 10.2. The van der Waals surface area contributed by atoms with Gasteiger partial charge in [-0.3, -0.25) is 14.7 Å². The van der Waals surface area contributed by atoms with Gasteiger partial charge in [0, 0.05) is 25.1 Å². The molecule has 28 heavy (non-hydrogen) atoms. The van der Waals surface area contributed by atoms with Crippen LogP contribution in [0.1, 0.15) is 41.3 Å². The van der Waals surface area contributed by atoms with Crippen LogP contribution in [-0.4, -0.2) is 44.5 Å². The lowest BCUT2D eigenvalue weighted by atomic mass is 10.1. The Hall–Kier alpha value is -3.42. The zero-order chi connectivity index (χ0) is 19.7. The Morgan fingerprint density at radius 3 is 2.71 bits per heavy atom. The highest BCUT2D eigenvalue weighted by molar-refractivity contribution is 5.95. The van der Waals surface area contributed by atoms with E-state index in [4.69, 9.17) is 4.42 Å². The van der Waals surface area contributed by atoms with Gasteiger partial charge in [0.2, 0.25) is 5.91 Å². The van der Waals surface area contributed by atoms with Crippen molar-refractivity contribution in [2.45, 2.75) is 32.4 Å². The summed E-state index contributed by atoms with van der Waals surface area (Å²) in [7, 11) is 0. The number of rotatable bonds is 4. The molecule has 2 aromatic heterocycles. The number of hydrogen-bond donors (Lipinski definition) is 2. The van der Waals surface area contributed by atoms with Crippen molar-refractivity contribution in [2.75, 3.05) is 6.54 Å². The fraction of sp³-hybridized carbons (Fsp3) is 0.300. The summed E-state index contributed by atoms with van der Waals surface area (Å²) < 4.78 is 5.29. The maximum atomic E-state index is 13.1. The van der Waals surface area contributed by atoms with Crippen molar-refractivity contribution in [2.24, 2.45) is 0 Å². The van der Waals surface area contributed by atoms with Gasteiger partial charge in [-0.05, 0) is 19.4 Å². The number of hydrogen-bond acceptors (Lipinski definition) is 5.